The van der Waals surface area contributed by atoms with E-state index in [1.54, 1.807) is 19.0 Å². The molecule has 0 radical (unpaired) electrons. The maximum absolute atomic E-state index is 10.9. The molecule has 0 aromatic carbocycles. The molecule has 0 saturated heterocycles. The lowest BCUT2D eigenvalue weighted by Gasteiger charge is -2.16. The Morgan fingerprint density at radius 3 is 2.62 bits per heavy atom. The fourth-order valence-electron chi connectivity index (χ4n) is 1.05. The van der Waals surface area contributed by atoms with E-state index in [1.807, 2.05) is 12.3 Å². The van der Waals surface area contributed by atoms with E-state index in [9.17, 15) is 4.79 Å². The molecule has 0 aliphatic rings. The summed E-state index contributed by atoms with van der Waals surface area (Å²) >= 11 is 1.38. The number of hydrogen-bond acceptors (Lipinski definition) is 4. The largest absolute Gasteiger partial charge is 0.480 e. The van der Waals surface area contributed by atoms with E-state index in [4.69, 9.17) is 5.11 Å². The summed E-state index contributed by atoms with van der Waals surface area (Å²) in [5.41, 5.74) is 0.869. The number of aryl methyl sites for hydroxylation is 1. The van der Waals surface area contributed by atoms with Crippen LogP contribution >= 0.6 is 11.3 Å². The van der Waals surface area contributed by atoms with Crippen molar-refractivity contribution in [1.82, 2.24) is 9.88 Å². The summed E-state index contributed by atoms with van der Waals surface area (Å²) in [6, 6.07) is -0.626. The predicted molar refractivity (Wildman–Crippen MR) is 50.9 cm³/mol. The zero-order chi connectivity index (χ0) is 10.0. The van der Waals surface area contributed by atoms with E-state index in [0.29, 0.717) is 5.01 Å². The van der Waals surface area contributed by atoms with Crippen molar-refractivity contribution in [1.29, 1.82) is 0 Å². The molecule has 1 unspecified atom stereocenters. The van der Waals surface area contributed by atoms with Gasteiger partial charge in [-0.05, 0) is 21.0 Å². The van der Waals surface area contributed by atoms with Crippen LogP contribution in [0.15, 0.2) is 5.38 Å². The summed E-state index contributed by atoms with van der Waals surface area (Å²) in [4.78, 5) is 16.7. The third-order valence-corrected chi connectivity index (χ3v) is 2.64. The average molecular weight is 200 g/mol. The lowest BCUT2D eigenvalue weighted by molar-refractivity contribution is -0.142. The van der Waals surface area contributed by atoms with Crippen LogP contribution in [0.1, 0.15) is 16.7 Å². The minimum absolute atomic E-state index is 0.626. The summed E-state index contributed by atoms with van der Waals surface area (Å²) in [5.74, 6) is -0.862. The second-order valence-corrected chi connectivity index (χ2v) is 3.92. The molecule has 0 aliphatic heterocycles. The third kappa shape index (κ3) is 2.26. The maximum atomic E-state index is 10.9. The molecule has 0 fully saturated rings. The molecule has 0 aliphatic carbocycles. The molecule has 72 valence electrons. The van der Waals surface area contributed by atoms with Crippen LogP contribution in [0.2, 0.25) is 0 Å². The predicted octanol–water partition coefficient (Wildman–Crippen LogP) is 1.14. The summed E-state index contributed by atoms with van der Waals surface area (Å²) in [6.45, 7) is 1.86. The normalized spacial score (nSPS) is 13.2. The molecule has 1 aromatic heterocycles. The van der Waals surface area contributed by atoms with Crippen LogP contribution in [0.5, 0.6) is 0 Å². The zero-order valence-electron chi connectivity index (χ0n) is 7.81. The van der Waals surface area contributed by atoms with Gasteiger partial charge in [-0.3, -0.25) is 9.69 Å². The van der Waals surface area contributed by atoms with Crippen LogP contribution in [-0.4, -0.2) is 35.1 Å². The molecule has 1 heterocycles. The number of hydrogen-bond donors (Lipinski definition) is 1. The highest BCUT2D eigenvalue weighted by Gasteiger charge is 2.24. The van der Waals surface area contributed by atoms with E-state index in [2.05, 4.69) is 4.98 Å². The van der Waals surface area contributed by atoms with Crippen LogP contribution in [0, 0.1) is 6.92 Å². The van der Waals surface area contributed by atoms with E-state index < -0.39 is 12.0 Å². The van der Waals surface area contributed by atoms with Crippen molar-refractivity contribution < 1.29 is 9.90 Å². The summed E-state index contributed by atoms with van der Waals surface area (Å²) in [6.07, 6.45) is 0. The lowest BCUT2D eigenvalue weighted by atomic mass is 10.3. The summed E-state index contributed by atoms with van der Waals surface area (Å²) < 4.78 is 0. The molecule has 0 bridgehead atoms. The van der Waals surface area contributed by atoms with Crippen molar-refractivity contribution in [2.45, 2.75) is 13.0 Å². The minimum Gasteiger partial charge on any atom is -0.480 e. The van der Waals surface area contributed by atoms with Gasteiger partial charge in [-0.15, -0.1) is 11.3 Å². The highest BCUT2D eigenvalue weighted by Crippen LogP contribution is 2.21. The Labute approximate surface area is 80.8 Å². The molecule has 1 N–H and O–H groups in total. The summed E-state index contributed by atoms with van der Waals surface area (Å²) in [7, 11) is 3.46. The lowest BCUT2D eigenvalue weighted by Crippen LogP contribution is -2.27. The molecule has 0 amide bonds. The fraction of sp³-hybridized carbons (Fsp3) is 0.500. The third-order valence-electron chi connectivity index (χ3n) is 1.62. The minimum atomic E-state index is -0.862. The molecule has 0 spiro atoms. The standard InChI is InChI=1S/C8H12N2O2S/c1-5-4-13-7(9-5)6(8(11)12)10(2)3/h4,6H,1-3H3,(H,11,12). The van der Waals surface area contributed by atoms with Crippen molar-refractivity contribution in [2.24, 2.45) is 0 Å². The van der Waals surface area contributed by atoms with Crippen LogP contribution in [0.25, 0.3) is 0 Å². The Bertz CT molecular complexity index is 309. The summed E-state index contributed by atoms with van der Waals surface area (Å²) in [5, 5.41) is 11.4. The SMILES string of the molecule is Cc1csc(C(C(=O)O)N(C)C)n1. The monoisotopic (exact) mass is 200 g/mol. The number of carboxylic acid groups (broad SMARTS) is 1. The van der Waals surface area contributed by atoms with E-state index in [0.717, 1.165) is 5.69 Å². The van der Waals surface area contributed by atoms with Crippen LogP contribution < -0.4 is 0 Å². The van der Waals surface area contributed by atoms with Gasteiger partial charge in [0.1, 0.15) is 5.01 Å². The zero-order valence-corrected chi connectivity index (χ0v) is 8.63. The molecule has 4 nitrogen and oxygen atoms in total. The average Bonchev–Trinajstić information content (AvgIpc) is 2.34. The molecular weight excluding hydrogens is 188 g/mol. The van der Waals surface area contributed by atoms with Gasteiger partial charge >= 0.3 is 5.97 Å². The maximum Gasteiger partial charge on any atom is 0.328 e. The van der Waals surface area contributed by atoms with Crippen molar-refractivity contribution in [3.63, 3.8) is 0 Å². The molecule has 1 rings (SSSR count). The second-order valence-electron chi connectivity index (χ2n) is 3.03. The smallest absolute Gasteiger partial charge is 0.328 e. The highest BCUT2D eigenvalue weighted by molar-refractivity contribution is 7.09. The number of likely N-dealkylation sites (N-methyl/N-ethyl adjacent to an activating group) is 1. The first-order valence-corrected chi connectivity index (χ1v) is 4.71. The topological polar surface area (TPSA) is 53.4 Å². The number of aliphatic carboxylic acids is 1. The number of carboxylic acids is 1. The van der Waals surface area contributed by atoms with Gasteiger partial charge in [-0.2, -0.15) is 0 Å². The quantitative estimate of drug-likeness (QED) is 0.795. The molecule has 13 heavy (non-hydrogen) atoms. The van der Waals surface area contributed by atoms with Gasteiger partial charge in [0, 0.05) is 11.1 Å². The van der Waals surface area contributed by atoms with Gasteiger partial charge in [-0.1, -0.05) is 0 Å². The molecule has 0 saturated carbocycles. The van der Waals surface area contributed by atoms with E-state index in [1.165, 1.54) is 11.3 Å². The van der Waals surface area contributed by atoms with Gasteiger partial charge in [-0.25, -0.2) is 4.98 Å². The Morgan fingerprint density at radius 2 is 2.31 bits per heavy atom. The number of aromatic nitrogens is 1. The fourth-order valence-corrected chi connectivity index (χ4v) is 2.03. The van der Waals surface area contributed by atoms with Gasteiger partial charge in [0.15, 0.2) is 6.04 Å². The van der Waals surface area contributed by atoms with Crippen molar-refractivity contribution >= 4 is 17.3 Å². The van der Waals surface area contributed by atoms with Gasteiger partial charge in [0.25, 0.3) is 0 Å². The molecule has 1 atom stereocenters. The number of carbonyl (C=O) groups is 1. The molecule has 1 aromatic rings. The first-order valence-electron chi connectivity index (χ1n) is 3.83. The van der Waals surface area contributed by atoms with Crippen molar-refractivity contribution in [3.05, 3.63) is 16.1 Å². The van der Waals surface area contributed by atoms with Crippen LogP contribution in [0.4, 0.5) is 0 Å². The van der Waals surface area contributed by atoms with E-state index in [-0.39, 0.29) is 0 Å². The van der Waals surface area contributed by atoms with Crippen LogP contribution in [0.3, 0.4) is 0 Å². The van der Waals surface area contributed by atoms with Crippen molar-refractivity contribution in [2.75, 3.05) is 14.1 Å². The molecule has 5 heteroatoms. The van der Waals surface area contributed by atoms with E-state index >= 15 is 0 Å². The molecular formula is C8H12N2O2S. The van der Waals surface area contributed by atoms with Gasteiger partial charge in [0.05, 0.1) is 0 Å². The number of nitrogens with zero attached hydrogens (tertiary/aromatic N) is 2. The van der Waals surface area contributed by atoms with Crippen LogP contribution in [-0.2, 0) is 4.79 Å². The number of thiazole rings is 1. The Kier molecular flexibility index (Phi) is 3.00. The van der Waals surface area contributed by atoms with Crippen molar-refractivity contribution in [3.8, 4) is 0 Å². The van der Waals surface area contributed by atoms with Gasteiger partial charge < -0.3 is 5.11 Å². The second kappa shape index (κ2) is 3.85. The highest BCUT2D eigenvalue weighted by atomic mass is 32.1. The first kappa shape index (κ1) is 10.1. The van der Waals surface area contributed by atoms with Gasteiger partial charge in [0.2, 0.25) is 0 Å². The Balaban J connectivity index is 2.95. The number of rotatable bonds is 3. The Hall–Kier alpha value is -0.940. The first-order chi connectivity index (χ1) is 6.02. The Morgan fingerprint density at radius 1 is 1.69 bits per heavy atom.